The molecule has 1 radical (unpaired) electrons. The Bertz CT molecular complexity index is 2340. The van der Waals surface area contributed by atoms with Crippen molar-refractivity contribution >= 4 is 45.8 Å². The molecule has 0 atom stereocenters. The zero-order valence-corrected chi connectivity index (χ0v) is 27.9. The second kappa shape index (κ2) is 12.0. The maximum Gasteiger partial charge on any atom is 0.195 e. The number of benzene rings is 3. The summed E-state index contributed by atoms with van der Waals surface area (Å²) in [7, 11) is 2.35. The Hall–Kier alpha value is -5.48. The van der Waals surface area contributed by atoms with Crippen LogP contribution >= 0.6 is 0 Å². The molecule has 48 heavy (non-hydrogen) atoms. The first-order chi connectivity index (χ1) is 23.4. The minimum absolute atomic E-state index is 0.824. The monoisotopic (exact) mass is 620 g/mol. The number of hydrogen-bond donors (Lipinski definition) is 3. The summed E-state index contributed by atoms with van der Waals surface area (Å²) in [5, 5.41) is 10.0. The number of nitrogens with one attached hydrogen (secondary N) is 3. The highest BCUT2D eigenvalue weighted by Crippen LogP contribution is 2.43. The maximum atomic E-state index is 4.72. The van der Waals surface area contributed by atoms with Crippen LogP contribution in [0.4, 0.5) is 5.69 Å². The smallest absolute Gasteiger partial charge is 0.195 e. The lowest BCUT2D eigenvalue weighted by molar-refractivity contribution is 0.862. The Morgan fingerprint density at radius 1 is 1.00 bits per heavy atom. The second-order valence-corrected chi connectivity index (χ2v) is 13.3. The molecule has 4 heterocycles. The van der Waals surface area contributed by atoms with Gasteiger partial charge >= 0.3 is 0 Å². The SMILES string of the molecule is C=CC1=CC(C)=C1C(Nc1ccccc1-c1c2c(cc3[nH]c4ccccc4c13)\C1=C/C=C\C(=C\NC3=C(CCC=C3)CC1=C)[B]2)=C(C)C. The zero-order chi connectivity index (χ0) is 32.9. The van der Waals surface area contributed by atoms with E-state index in [1.54, 1.807) is 0 Å². The van der Waals surface area contributed by atoms with Crippen LogP contribution < -0.4 is 16.1 Å². The fourth-order valence-electron chi connectivity index (χ4n) is 7.61. The molecule has 1 aromatic heterocycles. The van der Waals surface area contributed by atoms with Crippen molar-refractivity contribution in [3.8, 4) is 11.1 Å². The van der Waals surface area contributed by atoms with Crippen molar-refractivity contribution in [1.29, 1.82) is 0 Å². The molecule has 3 aromatic carbocycles. The van der Waals surface area contributed by atoms with Crippen molar-refractivity contribution in [2.24, 2.45) is 0 Å². The van der Waals surface area contributed by atoms with Gasteiger partial charge in [0.15, 0.2) is 7.28 Å². The molecule has 3 aliphatic heterocycles. The molecule has 0 amide bonds. The minimum Gasteiger partial charge on any atom is -0.362 e. The van der Waals surface area contributed by atoms with Crippen LogP contribution in [0, 0.1) is 0 Å². The van der Waals surface area contributed by atoms with Gasteiger partial charge in [-0.15, -0.1) is 0 Å². The molecule has 2 bridgehead atoms. The number of rotatable bonds is 5. The number of aromatic amines is 1. The van der Waals surface area contributed by atoms with Gasteiger partial charge in [0, 0.05) is 50.0 Å². The number of fused-ring (bicyclic) bond motifs is 6. The summed E-state index contributed by atoms with van der Waals surface area (Å²) in [6.07, 6.45) is 20.3. The third kappa shape index (κ3) is 5.00. The molecule has 0 saturated heterocycles. The summed E-state index contributed by atoms with van der Waals surface area (Å²) in [6.45, 7) is 15.3. The summed E-state index contributed by atoms with van der Waals surface area (Å²) in [5.41, 5.74) is 20.1. The van der Waals surface area contributed by atoms with Gasteiger partial charge in [-0.05, 0) is 110 Å². The van der Waals surface area contributed by atoms with E-state index in [0.717, 1.165) is 58.3 Å². The topological polar surface area (TPSA) is 39.9 Å². The first-order valence-corrected chi connectivity index (χ1v) is 16.8. The lowest BCUT2D eigenvalue weighted by Crippen LogP contribution is -2.26. The van der Waals surface area contributed by atoms with Crippen LogP contribution in [0.25, 0.3) is 38.5 Å². The van der Waals surface area contributed by atoms with E-state index in [4.69, 9.17) is 6.58 Å². The van der Waals surface area contributed by atoms with Crippen LogP contribution in [0.15, 0.2) is 167 Å². The summed E-state index contributed by atoms with van der Waals surface area (Å²) in [4.78, 5) is 3.79. The van der Waals surface area contributed by atoms with Gasteiger partial charge in [0.05, 0.1) is 0 Å². The van der Waals surface area contributed by atoms with Crippen LogP contribution in [-0.2, 0) is 0 Å². The van der Waals surface area contributed by atoms with E-state index in [0.29, 0.717) is 0 Å². The predicted octanol–water partition coefficient (Wildman–Crippen LogP) is 10.4. The van der Waals surface area contributed by atoms with Gasteiger partial charge in [0.25, 0.3) is 0 Å². The van der Waals surface area contributed by atoms with Gasteiger partial charge in [-0.2, -0.15) is 0 Å². The van der Waals surface area contributed by atoms with Crippen molar-refractivity contribution in [1.82, 2.24) is 10.3 Å². The van der Waals surface area contributed by atoms with Crippen LogP contribution in [0.3, 0.4) is 0 Å². The van der Waals surface area contributed by atoms with E-state index in [-0.39, 0.29) is 0 Å². The first-order valence-electron chi connectivity index (χ1n) is 16.8. The Labute approximate surface area is 284 Å². The van der Waals surface area contributed by atoms with Gasteiger partial charge in [-0.25, -0.2) is 0 Å². The number of anilines is 1. The quantitative estimate of drug-likeness (QED) is 0.194. The number of hydrogen-bond acceptors (Lipinski definition) is 2. The molecule has 0 unspecified atom stereocenters. The molecule has 3 nitrogen and oxygen atoms in total. The summed E-state index contributed by atoms with van der Waals surface area (Å²) in [6, 6.07) is 19.8. The molecule has 4 aromatic rings. The number of para-hydroxylation sites is 2. The van der Waals surface area contributed by atoms with Crippen molar-refractivity contribution in [3.05, 3.63) is 172 Å². The van der Waals surface area contributed by atoms with Crippen LogP contribution in [0.5, 0.6) is 0 Å². The third-order valence-corrected chi connectivity index (χ3v) is 9.95. The average molecular weight is 621 g/mol. The summed E-state index contributed by atoms with van der Waals surface area (Å²) >= 11 is 0. The van der Waals surface area contributed by atoms with Gasteiger partial charge in [-0.3, -0.25) is 0 Å². The zero-order valence-electron chi connectivity index (χ0n) is 27.9. The van der Waals surface area contributed by atoms with E-state index < -0.39 is 0 Å². The van der Waals surface area contributed by atoms with E-state index in [1.165, 1.54) is 66.5 Å². The Morgan fingerprint density at radius 3 is 2.67 bits per heavy atom. The molecule has 0 fully saturated rings. The van der Waals surface area contributed by atoms with Gasteiger partial charge in [0.2, 0.25) is 0 Å². The van der Waals surface area contributed by atoms with Crippen LogP contribution in [0.1, 0.15) is 45.6 Å². The highest BCUT2D eigenvalue weighted by molar-refractivity contribution is 6.65. The first kappa shape index (κ1) is 29.9. The normalized spacial score (nSPS) is 19.7. The standard InChI is InChI=1S/C44H39BN3/c1-6-29-23-28(5)40(29)44(26(2)3)48-38-21-12-9-17-34(38)42-41-33-16-8-11-20-37(33)47-39(41)24-35-32-18-13-15-31(45-43(35)42)25-46-36-19-10-7-14-30(36)22-27(32)4/h6,8-13,15-21,23-25,46-48H,1,4,7,14,22H2,2-3,5H3/b15-13-,31-25-,32-18-. The lowest BCUT2D eigenvalue weighted by atomic mass is 9.57. The summed E-state index contributed by atoms with van der Waals surface area (Å²) in [5.74, 6) is 0. The third-order valence-electron chi connectivity index (χ3n) is 9.95. The highest BCUT2D eigenvalue weighted by atomic mass is 14.9. The molecular weight excluding hydrogens is 581 g/mol. The molecular formula is C44H39BN3. The Kier molecular flexibility index (Phi) is 7.45. The van der Waals surface area contributed by atoms with E-state index in [1.807, 2.05) is 6.08 Å². The van der Waals surface area contributed by atoms with E-state index >= 15 is 0 Å². The molecule has 233 valence electrons. The molecule has 2 aliphatic carbocycles. The van der Waals surface area contributed by atoms with Crippen molar-refractivity contribution < 1.29 is 0 Å². The summed E-state index contributed by atoms with van der Waals surface area (Å²) < 4.78 is 0. The van der Waals surface area contributed by atoms with Crippen molar-refractivity contribution in [3.63, 3.8) is 0 Å². The van der Waals surface area contributed by atoms with Gasteiger partial charge in [0.1, 0.15) is 0 Å². The second-order valence-electron chi connectivity index (χ2n) is 13.3. The maximum absolute atomic E-state index is 4.72. The number of aromatic nitrogens is 1. The largest absolute Gasteiger partial charge is 0.362 e. The average Bonchev–Trinajstić information content (AvgIpc) is 3.43. The molecule has 0 saturated carbocycles. The highest BCUT2D eigenvalue weighted by Gasteiger charge is 2.27. The van der Waals surface area contributed by atoms with Crippen LogP contribution in [-0.4, -0.2) is 12.3 Å². The Morgan fingerprint density at radius 2 is 1.83 bits per heavy atom. The van der Waals surface area contributed by atoms with Crippen LogP contribution in [0.2, 0.25) is 0 Å². The molecule has 4 heteroatoms. The lowest BCUT2D eigenvalue weighted by Gasteiger charge is -2.27. The van der Waals surface area contributed by atoms with Gasteiger partial charge in [-0.1, -0.05) is 103 Å². The molecule has 9 rings (SSSR count). The molecule has 5 aliphatic rings. The molecule has 0 spiro atoms. The van der Waals surface area contributed by atoms with E-state index in [9.17, 15) is 0 Å². The van der Waals surface area contributed by atoms with Crippen molar-refractivity contribution in [2.75, 3.05) is 5.32 Å². The van der Waals surface area contributed by atoms with Crippen molar-refractivity contribution in [2.45, 2.75) is 40.0 Å². The predicted molar refractivity (Wildman–Crippen MR) is 207 cm³/mol. The number of H-pyrrole nitrogens is 1. The fourth-order valence-corrected chi connectivity index (χ4v) is 7.61. The van der Waals surface area contributed by atoms with Gasteiger partial charge < -0.3 is 15.6 Å². The van der Waals surface area contributed by atoms with E-state index in [2.05, 4.69) is 148 Å². The molecule has 3 N–H and O–H groups in total. The minimum atomic E-state index is 0.824. The number of allylic oxidation sites excluding steroid dienone is 14. The Balaban J connectivity index is 1.40. The fraction of sp³-hybridized carbons (Fsp3) is 0.136.